The second-order valence-electron chi connectivity index (χ2n) is 12.7. The van der Waals surface area contributed by atoms with Gasteiger partial charge in [-0.15, -0.1) is 6.42 Å². The van der Waals surface area contributed by atoms with Gasteiger partial charge in [-0.25, -0.2) is 4.98 Å². The minimum atomic E-state index is -0.125. The predicted molar refractivity (Wildman–Crippen MR) is 209 cm³/mol. The van der Waals surface area contributed by atoms with Crippen molar-refractivity contribution in [3.8, 4) is 18.0 Å². The van der Waals surface area contributed by atoms with Crippen molar-refractivity contribution in [3.05, 3.63) is 163 Å². The largest absolute Gasteiger partial charge is 0.345 e. The highest BCUT2D eigenvalue weighted by molar-refractivity contribution is 6.89. The maximum Gasteiger partial charge on any atom is 0.337 e. The van der Waals surface area contributed by atoms with Gasteiger partial charge in [-0.3, -0.25) is 4.90 Å². The maximum atomic E-state index is 6.03. The van der Waals surface area contributed by atoms with E-state index in [1.165, 1.54) is 21.7 Å². The molecule has 0 N–H and O–H groups in total. The summed E-state index contributed by atoms with van der Waals surface area (Å²) < 4.78 is 4.82. The first kappa shape index (κ1) is 28.3. The third kappa shape index (κ3) is 3.89. The molecule has 0 atom stereocenters. The molecule has 0 unspecified atom stereocenters. The molecule has 2 aromatic heterocycles. The third-order valence-corrected chi connectivity index (χ3v) is 10.1. The van der Waals surface area contributed by atoms with E-state index in [4.69, 9.17) is 11.4 Å². The standard InChI is InChI=1S/C44H30BN5/c1-3-16-30(17-4-2)47-39-26-14-10-22-35(39)45-43-41(47)28-32(48-37-24-12-8-20-33(37)34-21-9-13-25-38(34)48)29-42(43)49(31-18-6-5-7-19-31)44-46-36-23-11-15-27-40(36)50(44)45/h1,4-29H,2H3/b17-4-,30-16+. The first-order valence-corrected chi connectivity index (χ1v) is 16.9. The highest BCUT2D eigenvalue weighted by atomic mass is 15.3. The van der Waals surface area contributed by atoms with Crippen LogP contribution in [0.1, 0.15) is 6.92 Å². The van der Waals surface area contributed by atoms with Gasteiger partial charge in [0, 0.05) is 33.9 Å². The summed E-state index contributed by atoms with van der Waals surface area (Å²) >= 11 is 0. The summed E-state index contributed by atoms with van der Waals surface area (Å²) in [5.41, 5.74) is 13.0. The van der Waals surface area contributed by atoms with Gasteiger partial charge < -0.3 is 13.9 Å². The lowest BCUT2D eigenvalue weighted by Crippen LogP contribution is -2.59. The van der Waals surface area contributed by atoms with E-state index >= 15 is 0 Å². The molecule has 50 heavy (non-hydrogen) atoms. The Labute approximate surface area is 290 Å². The Kier molecular flexibility index (Phi) is 6.18. The molecule has 0 aliphatic carbocycles. The molecule has 2 aliphatic heterocycles. The van der Waals surface area contributed by atoms with Crippen LogP contribution in [0.25, 0.3) is 38.5 Å². The summed E-state index contributed by atoms with van der Waals surface area (Å²) in [7, 11) is 0. The minimum absolute atomic E-state index is 0.125. The van der Waals surface area contributed by atoms with E-state index in [9.17, 15) is 0 Å². The van der Waals surface area contributed by atoms with Crippen molar-refractivity contribution in [2.45, 2.75) is 6.92 Å². The zero-order valence-electron chi connectivity index (χ0n) is 27.4. The number of fused-ring (bicyclic) bond motifs is 9. The molecule has 6 heteroatoms. The van der Waals surface area contributed by atoms with Crippen molar-refractivity contribution in [1.29, 1.82) is 0 Å². The van der Waals surface area contributed by atoms with Gasteiger partial charge in [0.25, 0.3) is 0 Å². The van der Waals surface area contributed by atoms with Crippen LogP contribution < -0.4 is 20.7 Å². The fourth-order valence-electron chi connectivity index (χ4n) is 8.17. The molecule has 2 aliphatic rings. The van der Waals surface area contributed by atoms with Gasteiger partial charge in [-0.05, 0) is 78.5 Å². The summed E-state index contributed by atoms with van der Waals surface area (Å²) in [6, 6.07) is 49.8. The summed E-state index contributed by atoms with van der Waals surface area (Å²) in [4.78, 5) is 10.0. The molecule has 6 aromatic carbocycles. The zero-order valence-corrected chi connectivity index (χ0v) is 27.4. The van der Waals surface area contributed by atoms with Crippen molar-refractivity contribution in [1.82, 2.24) is 14.0 Å². The van der Waals surface area contributed by atoms with Crippen molar-refractivity contribution in [3.63, 3.8) is 0 Å². The number of rotatable bonds is 4. The van der Waals surface area contributed by atoms with Crippen LogP contribution in [0.2, 0.25) is 0 Å². The molecule has 0 radical (unpaired) electrons. The zero-order chi connectivity index (χ0) is 33.3. The molecule has 8 aromatic rings. The minimum Gasteiger partial charge on any atom is -0.345 e. The lowest BCUT2D eigenvalue weighted by atomic mass is 9.46. The number of imidazole rings is 1. The van der Waals surface area contributed by atoms with E-state index in [1.807, 2.05) is 13.0 Å². The van der Waals surface area contributed by atoms with Crippen LogP contribution >= 0.6 is 0 Å². The van der Waals surface area contributed by atoms with E-state index in [0.717, 1.165) is 62.1 Å². The highest BCUT2D eigenvalue weighted by Crippen LogP contribution is 2.46. The fourth-order valence-corrected chi connectivity index (χ4v) is 8.17. The van der Waals surface area contributed by atoms with E-state index in [-0.39, 0.29) is 6.85 Å². The van der Waals surface area contributed by atoms with Gasteiger partial charge in [0.15, 0.2) is 0 Å². The van der Waals surface area contributed by atoms with Crippen LogP contribution in [-0.2, 0) is 0 Å². The second-order valence-corrected chi connectivity index (χ2v) is 12.7. The van der Waals surface area contributed by atoms with Crippen LogP contribution in [0, 0.1) is 12.3 Å². The Bertz CT molecular complexity index is 2710. The Morgan fingerprint density at radius 3 is 2.06 bits per heavy atom. The van der Waals surface area contributed by atoms with E-state index < -0.39 is 0 Å². The van der Waals surface area contributed by atoms with Crippen LogP contribution in [0.4, 0.5) is 28.7 Å². The number of anilines is 5. The first-order valence-electron chi connectivity index (χ1n) is 16.9. The quantitative estimate of drug-likeness (QED) is 0.109. The molecule has 0 bridgehead atoms. The molecule has 0 saturated heterocycles. The van der Waals surface area contributed by atoms with Gasteiger partial charge >= 0.3 is 6.85 Å². The lowest BCUT2D eigenvalue weighted by molar-refractivity contribution is 1.07. The lowest BCUT2D eigenvalue weighted by Gasteiger charge is -2.43. The number of hydrogen-bond acceptors (Lipinski definition) is 3. The van der Waals surface area contributed by atoms with Gasteiger partial charge in [-0.2, -0.15) is 0 Å². The second kappa shape index (κ2) is 10.9. The topological polar surface area (TPSA) is 29.2 Å². The molecule has 0 fully saturated rings. The van der Waals surface area contributed by atoms with E-state index in [0.29, 0.717) is 0 Å². The highest BCUT2D eigenvalue weighted by Gasteiger charge is 2.45. The van der Waals surface area contributed by atoms with Gasteiger partial charge in [0.2, 0.25) is 5.95 Å². The summed E-state index contributed by atoms with van der Waals surface area (Å²) in [6.07, 6.45) is 12.1. The molecule has 234 valence electrons. The average molecular weight is 640 g/mol. The SMILES string of the molecule is C#C/C=C(\C=C/C)N1c2ccccc2B2c3c1cc(-n1c4ccccc4c4ccccc41)cc3N(c1ccccc1)c1nc3ccccc3n12. The number of nitrogens with zero attached hydrogens (tertiary/aromatic N) is 5. The number of para-hydroxylation sites is 6. The van der Waals surface area contributed by atoms with E-state index in [2.05, 4.69) is 176 Å². The monoisotopic (exact) mass is 639 g/mol. The smallest absolute Gasteiger partial charge is 0.337 e. The Hall–Kier alpha value is -6.71. The van der Waals surface area contributed by atoms with Crippen molar-refractivity contribution >= 4 is 79.3 Å². The number of hydrogen-bond donors (Lipinski definition) is 0. The van der Waals surface area contributed by atoms with Crippen molar-refractivity contribution in [2.75, 3.05) is 9.80 Å². The number of terminal acetylenes is 1. The predicted octanol–water partition coefficient (Wildman–Crippen LogP) is 9.12. The van der Waals surface area contributed by atoms with Crippen LogP contribution in [0.5, 0.6) is 0 Å². The Balaban J connectivity index is 1.40. The third-order valence-electron chi connectivity index (χ3n) is 10.1. The molecule has 0 saturated carbocycles. The van der Waals surface area contributed by atoms with Crippen LogP contribution in [-0.4, -0.2) is 20.9 Å². The van der Waals surface area contributed by atoms with E-state index in [1.54, 1.807) is 0 Å². The summed E-state index contributed by atoms with van der Waals surface area (Å²) in [5.74, 6) is 3.73. The number of aromatic nitrogens is 3. The van der Waals surface area contributed by atoms with Gasteiger partial charge in [-0.1, -0.05) is 96.9 Å². The van der Waals surface area contributed by atoms with Gasteiger partial charge in [0.05, 0.1) is 39.1 Å². The molecule has 5 nitrogen and oxygen atoms in total. The molecule has 10 rings (SSSR count). The molecule has 0 amide bonds. The first-order chi connectivity index (χ1) is 24.8. The Morgan fingerprint density at radius 1 is 0.680 bits per heavy atom. The molecular weight excluding hydrogens is 609 g/mol. The van der Waals surface area contributed by atoms with Crippen LogP contribution in [0.3, 0.4) is 0 Å². The summed E-state index contributed by atoms with van der Waals surface area (Å²) in [5, 5.41) is 2.44. The molecule has 4 heterocycles. The summed E-state index contributed by atoms with van der Waals surface area (Å²) in [6.45, 7) is 1.91. The number of benzene rings is 6. The fraction of sp³-hybridized carbons (Fsp3) is 0.0227. The Morgan fingerprint density at radius 2 is 1.32 bits per heavy atom. The maximum absolute atomic E-state index is 6.03. The number of allylic oxidation sites excluding steroid dienone is 3. The molecular formula is C44H30BN5. The van der Waals surface area contributed by atoms with Gasteiger partial charge in [0.1, 0.15) is 0 Å². The van der Waals surface area contributed by atoms with Crippen molar-refractivity contribution in [2.24, 2.45) is 0 Å². The average Bonchev–Trinajstić information content (AvgIpc) is 3.71. The van der Waals surface area contributed by atoms with Crippen LogP contribution in [0.15, 0.2) is 163 Å². The molecule has 0 spiro atoms. The normalized spacial score (nSPS) is 13.6. The van der Waals surface area contributed by atoms with Crippen molar-refractivity contribution < 1.29 is 0 Å².